The van der Waals surface area contributed by atoms with Crippen LogP contribution in [0.2, 0.25) is 0 Å². The zero-order chi connectivity index (χ0) is 16.8. The lowest BCUT2D eigenvalue weighted by atomic mass is 10.2. The van der Waals surface area contributed by atoms with Gasteiger partial charge in [0.2, 0.25) is 0 Å². The van der Waals surface area contributed by atoms with E-state index in [1.807, 2.05) is 36.4 Å². The molecule has 1 aromatic carbocycles. The maximum Gasteiger partial charge on any atom is 0.255 e. The number of benzene rings is 1. The molecule has 0 saturated heterocycles. The second kappa shape index (κ2) is 7.70. The molecule has 3 aromatic rings. The summed E-state index contributed by atoms with van der Waals surface area (Å²) in [5.41, 5.74) is 2.37. The van der Waals surface area contributed by atoms with E-state index in [4.69, 9.17) is 0 Å². The second-order valence-electron chi connectivity index (χ2n) is 5.11. The number of hydrogen-bond donors (Lipinski definition) is 2. The van der Waals surface area contributed by atoms with E-state index in [-0.39, 0.29) is 5.91 Å². The summed E-state index contributed by atoms with van der Waals surface area (Å²) in [5, 5.41) is 6.14. The number of carbonyl (C=O) groups is 1. The number of aromatic nitrogens is 2. The lowest BCUT2D eigenvalue weighted by Gasteiger charge is -2.09. The number of amides is 1. The van der Waals surface area contributed by atoms with E-state index in [2.05, 4.69) is 36.5 Å². The van der Waals surface area contributed by atoms with Crippen LogP contribution in [0.15, 0.2) is 71.6 Å². The molecule has 0 atom stereocenters. The van der Waals surface area contributed by atoms with Gasteiger partial charge in [-0.25, -0.2) is 4.98 Å². The minimum absolute atomic E-state index is 0.155. The molecule has 5 nitrogen and oxygen atoms in total. The van der Waals surface area contributed by atoms with Gasteiger partial charge in [0.25, 0.3) is 5.91 Å². The van der Waals surface area contributed by atoms with Crippen molar-refractivity contribution in [3.63, 3.8) is 0 Å². The van der Waals surface area contributed by atoms with Crippen molar-refractivity contribution in [2.45, 2.75) is 6.54 Å². The van der Waals surface area contributed by atoms with Crippen LogP contribution in [0.5, 0.6) is 0 Å². The van der Waals surface area contributed by atoms with Crippen LogP contribution in [0.25, 0.3) is 0 Å². The average Bonchev–Trinajstić information content (AvgIpc) is 2.62. The first-order valence-corrected chi connectivity index (χ1v) is 8.16. The topological polar surface area (TPSA) is 66.9 Å². The monoisotopic (exact) mass is 382 g/mol. The fraction of sp³-hybridized carbons (Fsp3) is 0.0556. The van der Waals surface area contributed by atoms with Gasteiger partial charge in [-0.15, -0.1) is 0 Å². The minimum atomic E-state index is -0.155. The van der Waals surface area contributed by atoms with Crippen LogP contribution in [0.1, 0.15) is 15.9 Å². The summed E-state index contributed by atoms with van der Waals surface area (Å²) in [6.45, 7) is 0.619. The van der Waals surface area contributed by atoms with Crippen LogP contribution in [-0.2, 0) is 6.54 Å². The highest BCUT2D eigenvalue weighted by atomic mass is 79.9. The van der Waals surface area contributed by atoms with Gasteiger partial charge >= 0.3 is 0 Å². The Labute approximate surface area is 148 Å². The molecule has 120 valence electrons. The van der Waals surface area contributed by atoms with Crippen LogP contribution < -0.4 is 10.6 Å². The highest BCUT2D eigenvalue weighted by molar-refractivity contribution is 9.10. The quantitative estimate of drug-likeness (QED) is 0.696. The molecule has 2 heterocycles. The molecule has 24 heavy (non-hydrogen) atoms. The highest BCUT2D eigenvalue weighted by Gasteiger charge is 2.05. The van der Waals surface area contributed by atoms with E-state index in [1.165, 1.54) is 0 Å². The molecule has 0 spiro atoms. The lowest BCUT2D eigenvalue weighted by molar-refractivity contribution is 0.102. The van der Waals surface area contributed by atoms with Crippen molar-refractivity contribution in [3.05, 3.63) is 82.7 Å². The van der Waals surface area contributed by atoms with E-state index in [1.54, 1.807) is 30.7 Å². The minimum Gasteiger partial charge on any atom is -0.366 e. The van der Waals surface area contributed by atoms with Gasteiger partial charge < -0.3 is 10.6 Å². The number of nitrogens with zero attached hydrogens (tertiary/aromatic N) is 2. The summed E-state index contributed by atoms with van der Waals surface area (Å²) < 4.78 is 0.939. The van der Waals surface area contributed by atoms with Gasteiger partial charge in [0.1, 0.15) is 5.82 Å². The number of pyridine rings is 2. The largest absolute Gasteiger partial charge is 0.366 e. The number of carbonyl (C=O) groups excluding carboxylic acids is 1. The summed E-state index contributed by atoms with van der Waals surface area (Å²) in [6.07, 6.45) is 4.94. The first kappa shape index (κ1) is 16.1. The SMILES string of the molecule is O=C(Nc1cccc(CNc2ccc(Br)cn2)c1)c1ccncc1. The van der Waals surface area contributed by atoms with Gasteiger partial charge in [-0.2, -0.15) is 0 Å². The van der Waals surface area contributed by atoms with Crippen LogP contribution >= 0.6 is 15.9 Å². The van der Waals surface area contributed by atoms with Crippen LogP contribution in [-0.4, -0.2) is 15.9 Å². The third-order valence-electron chi connectivity index (χ3n) is 3.33. The Morgan fingerprint density at radius 2 is 1.92 bits per heavy atom. The third kappa shape index (κ3) is 4.39. The van der Waals surface area contributed by atoms with Crippen molar-refractivity contribution in [2.75, 3.05) is 10.6 Å². The Morgan fingerprint density at radius 1 is 1.08 bits per heavy atom. The second-order valence-corrected chi connectivity index (χ2v) is 6.02. The lowest BCUT2D eigenvalue weighted by Crippen LogP contribution is -2.12. The zero-order valence-electron chi connectivity index (χ0n) is 12.7. The molecule has 0 aliphatic rings. The molecule has 0 saturated carbocycles. The molecular weight excluding hydrogens is 368 g/mol. The van der Waals surface area contributed by atoms with Gasteiger partial charge in [0.05, 0.1) is 0 Å². The van der Waals surface area contributed by atoms with E-state index >= 15 is 0 Å². The predicted molar refractivity (Wildman–Crippen MR) is 97.9 cm³/mol. The van der Waals surface area contributed by atoms with Crippen molar-refractivity contribution in [1.29, 1.82) is 0 Å². The van der Waals surface area contributed by atoms with Crippen molar-refractivity contribution >= 4 is 33.3 Å². The van der Waals surface area contributed by atoms with Crippen molar-refractivity contribution in [2.24, 2.45) is 0 Å². The van der Waals surface area contributed by atoms with Gasteiger partial charge in [0, 0.05) is 40.9 Å². The van der Waals surface area contributed by atoms with Gasteiger partial charge in [-0.3, -0.25) is 9.78 Å². The smallest absolute Gasteiger partial charge is 0.255 e. The van der Waals surface area contributed by atoms with E-state index in [0.717, 1.165) is 21.5 Å². The van der Waals surface area contributed by atoms with Crippen LogP contribution in [0, 0.1) is 0 Å². The molecule has 0 fully saturated rings. The normalized spacial score (nSPS) is 10.2. The summed E-state index contributed by atoms with van der Waals surface area (Å²) in [5.74, 6) is 0.640. The Hall–Kier alpha value is -2.73. The Bertz CT molecular complexity index is 822. The number of rotatable bonds is 5. The third-order valence-corrected chi connectivity index (χ3v) is 3.80. The standard InChI is InChI=1S/C18H15BrN4O/c19-15-4-5-17(22-12-15)21-11-13-2-1-3-16(10-13)23-18(24)14-6-8-20-9-7-14/h1-10,12H,11H2,(H,21,22)(H,23,24). The summed E-state index contributed by atoms with van der Waals surface area (Å²) in [6, 6.07) is 14.9. The van der Waals surface area contributed by atoms with Gasteiger partial charge in [0.15, 0.2) is 0 Å². The molecule has 1 amide bonds. The molecule has 0 bridgehead atoms. The Kier molecular flexibility index (Phi) is 5.18. The predicted octanol–water partition coefficient (Wildman–Crippen LogP) is 4.10. The van der Waals surface area contributed by atoms with Crippen molar-refractivity contribution in [1.82, 2.24) is 9.97 Å². The maximum atomic E-state index is 12.2. The average molecular weight is 383 g/mol. The van der Waals surface area contributed by atoms with Crippen LogP contribution in [0.3, 0.4) is 0 Å². The zero-order valence-corrected chi connectivity index (χ0v) is 14.3. The molecule has 0 aliphatic heterocycles. The van der Waals surface area contributed by atoms with Crippen molar-refractivity contribution < 1.29 is 4.79 Å². The fourth-order valence-corrected chi connectivity index (χ4v) is 2.37. The molecule has 0 unspecified atom stereocenters. The van der Waals surface area contributed by atoms with Crippen molar-refractivity contribution in [3.8, 4) is 0 Å². The molecular formula is C18H15BrN4O. The first-order chi connectivity index (χ1) is 11.7. The molecule has 3 rings (SSSR count). The summed E-state index contributed by atoms with van der Waals surface area (Å²) in [4.78, 5) is 20.3. The summed E-state index contributed by atoms with van der Waals surface area (Å²) in [7, 11) is 0. The number of nitrogens with one attached hydrogen (secondary N) is 2. The maximum absolute atomic E-state index is 12.2. The first-order valence-electron chi connectivity index (χ1n) is 7.36. The number of halogens is 1. The molecule has 0 radical (unpaired) electrons. The molecule has 0 aliphatic carbocycles. The molecule has 2 aromatic heterocycles. The van der Waals surface area contributed by atoms with E-state index in [9.17, 15) is 4.79 Å². The number of anilines is 2. The Balaban J connectivity index is 1.63. The Morgan fingerprint density at radius 3 is 2.67 bits per heavy atom. The van der Waals surface area contributed by atoms with Gasteiger partial charge in [-0.1, -0.05) is 12.1 Å². The van der Waals surface area contributed by atoms with Gasteiger partial charge in [-0.05, 0) is 57.9 Å². The van der Waals surface area contributed by atoms with E-state index in [0.29, 0.717) is 12.1 Å². The van der Waals surface area contributed by atoms with E-state index < -0.39 is 0 Å². The molecule has 2 N–H and O–H groups in total. The number of hydrogen-bond acceptors (Lipinski definition) is 4. The van der Waals surface area contributed by atoms with Crippen LogP contribution in [0.4, 0.5) is 11.5 Å². The fourth-order valence-electron chi connectivity index (χ4n) is 2.14. The summed E-state index contributed by atoms with van der Waals surface area (Å²) >= 11 is 3.36. The highest BCUT2D eigenvalue weighted by Crippen LogP contribution is 2.15. The molecule has 6 heteroatoms.